The van der Waals surface area contributed by atoms with Gasteiger partial charge in [0.2, 0.25) is 5.91 Å². The molecule has 3 N–H and O–H groups in total. The van der Waals surface area contributed by atoms with Crippen molar-refractivity contribution < 1.29 is 14.3 Å². The summed E-state index contributed by atoms with van der Waals surface area (Å²) in [5.41, 5.74) is 5.85. The molecule has 0 heterocycles. The van der Waals surface area contributed by atoms with Gasteiger partial charge in [-0.2, -0.15) is 0 Å². The standard InChI is InChI=1S/C13H24N2O3.ClH/c1-2-18-12(16)7-4-8-15-13(17)10-5-3-6-11(14)9-10;/h10-11H,2-9,14H2,1H3,(H,15,17);1H. The highest BCUT2D eigenvalue weighted by Crippen LogP contribution is 2.22. The number of hydrogen-bond acceptors (Lipinski definition) is 4. The number of hydrogen-bond donors (Lipinski definition) is 2. The van der Waals surface area contributed by atoms with E-state index >= 15 is 0 Å². The molecule has 19 heavy (non-hydrogen) atoms. The van der Waals surface area contributed by atoms with Crippen molar-refractivity contribution in [3.05, 3.63) is 0 Å². The van der Waals surface area contributed by atoms with Crippen LogP contribution in [0.4, 0.5) is 0 Å². The van der Waals surface area contributed by atoms with E-state index in [-0.39, 0.29) is 36.2 Å². The van der Waals surface area contributed by atoms with Crippen LogP contribution in [0.3, 0.4) is 0 Å². The highest BCUT2D eigenvalue weighted by Gasteiger charge is 2.24. The third kappa shape index (κ3) is 7.38. The SMILES string of the molecule is CCOC(=O)CCCNC(=O)C1CCCC(N)C1.Cl. The van der Waals surface area contributed by atoms with Gasteiger partial charge in [0.1, 0.15) is 0 Å². The minimum atomic E-state index is -0.202. The number of carbonyl (C=O) groups excluding carboxylic acids is 2. The minimum absolute atomic E-state index is 0. The molecule has 0 aromatic heterocycles. The second-order valence-electron chi connectivity index (χ2n) is 4.82. The predicted octanol–water partition coefficient (Wildman–Crippen LogP) is 1.39. The second kappa shape index (κ2) is 10.0. The van der Waals surface area contributed by atoms with Gasteiger partial charge in [-0.1, -0.05) is 6.42 Å². The summed E-state index contributed by atoms with van der Waals surface area (Å²) in [6.45, 7) is 2.72. The van der Waals surface area contributed by atoms with Crippen molar-refractivity contribution in [3.8, 4) is 0 Å². The van der Waals surface area contributed by atoms with E-state index in [1.807, 2.05) is 0 Å². The molecule has 0 aromatic carbocycles. The van der Waals surface area contributed by atoms with Gasteiger partial charge in [-0.3, -0.25) is 9.59 Å². The van der Waals surface area contributed by atoms with Crippen molar-refractivity contribution in [2.75, 3.05) is 13.2 Å². The van der Waals surface area contributed by atoms with E-state index in [1.165, 1.54) is 0 Å². The fraction of sp³-hybridized carbons (Fsp3) is 0.846. The molecule has 1 saturated carbocycles. The first kappa shape index (κ1) is 18.2. The molecule has 0 spiro atoms. The highest BCUT2D eigenvalue weighted by atomic mass is 35.5. The van der Waals surface area contributed by atoms with Crippen LogP contribution in [-0.2, 0) is 14.3 Å². The van der Waals surface area contributed by atoms with Crippen LogP contribution in [-0.4, -0.2) is 31.1 Å². The van der Waals surface area contributed by atoms with Gasteiger partial charge < -0.3 is 15.8 Å². The Morgan fingerprint density at radius 1 is 1.37 bits per heavy atom. The second-order valence-corrected chi connectivity index (χ2v) is 4.82. The zero-order valence-corrected chi connectivity index (χ0v) is 12.3. The van der Waals surface area contributed by atoms with Crippen LogP contribution >= 0.6 is 12.4 Å². The number of carbonyl (C=O) groups is 2. The van der Waals surface area contributed by atoms with E-state index in [0.29, 0.717) is 26.0 Å². The summed E-state index contributed by atoms with van der Waals surface area (Å²) in [5.74, 6) is -0.0724. The van der Waals surface area contributed by atoms with Crippen LogP contribution in [0.25, 0.3) is 0 Å². The molecule has 0 aliphatic heterocycles. The van der Waals surface area contributed by atoms with Gasteiger partial charge in [0.15, 0.2) is 0 Å². The lowest BCUT2D eigenvalue weighted by Crippen LogP contribution is -2.38. The Bertz CT molecular complexity index is 287. The zero-order valence-electron chi connectivity index (χ0n) is 11.5. The number of esters is 1. The van der Waals surface area contributed by atoms with Crippen LogP contribution in [0.5, 0.6) is 0 Å². The summed E-state index contributed by atoms with van der Waals surface area (Å²) in [6.07, 6.45) is 4.75. The number of amides is 1. The summed E-state index contributed by atoms with van der Waals surface area (Å²) in [4.78, 5) is 22.9. The highest BCUT2D eigenvalue weighted by molar-refractivity contribution is 5.85. The summed E-state index contributed by atoms with van der Waals surface area (Å²) in [5, 5.41) is 2.87. The third-order valence-electron chi connectivity index (χ3n) is 3.25. The predicted molar refractivity (Wildman–Crippen MR) is 76.1 cm³/mol. The Balaban J connectivity index is 0.00000324. The largest absolute Gasteiger partial charge is 0.466 e. The molecular weight excluding hydrogens is 268 g/mol. The molecule has 5 nitrogen and oxygen atoms in total. The monoisotopic (exact) mass is 292 g/mol. The smallest absolute Gasteiger partial charge is 0.305 e. The first-order chi connectivity index (χ1) is 8.63. The van der Waals surface area contributed by atoms with Gasteiger partial charge in [0, 0.05) is 24.9 Å². The quantitative estimate of drug-likeness (QED) is 0.572. The van der Waals surface area contributed by atoms with Gasteiger partial charge in [0.05, 0.1) is 6.61 Å². The number of rotatable bonds is 6. The fourth-order valence-electron chi connectivity index (χ4n) is 2.29. The normalized spacial score (nSPS) is 22.2. The van der Waals surface area contributed by atoms with Crippen LogP contribution in [0, 0.1) is 5.92 Å². The lowest BCUT2D eigenvalue weighted by molar-refractivity contribution is -0.143. The average Bonchev–Trinajstić information content (AvgIpc) is 2.35. The number of halogens is 1. The van der Waals surface area contributed by atoms with Crippen molar-refractivity contribution in [1.82, 2.24) is 5.32 Å². The summed E-state index contributed by atoms with van der Waals surface area (Å²) in [6, 6.07) is 0.161. The minimum Gasteiger partial charge on any atom is -0.466 e. The molecular formula is C13H25ClN2O3. The Hall–Kier alpha value is -0.810. The molecule has 6 heteroatoms. The Morgan fingerprint density at radius 2 is 2.11 bits per heavy atom. The molecule has 1 aliphatic carbocycles. The maximum Gasteiger partial charge on any atom is 0.305 e. The first-order valence-corrected chi connectivity index (χ1v) is 6.82. The molecule has 0 aromatic rings. The van der Waals surface area contributed by atoms with Gasteiger partial charge in [-0.05, 0) is 32.6 Å². The topological polar surface area (TPSA) is 81.4 Å². The summed E-state index contributed by atoms with van der Waals surface area (Å²) >= 11 is 0. The van der Waals surface area contributed by atoms with Crippen LogP contribution < -0.4 is 11.1 Å². The lowest BCUT2D eigenvalue weighted by atomic mass is 9.85. The lowest BCUT2D eigenvalue weighted by Gasteiger charge is -2.25. The molecule has 1 aliphatic rings. The average molecular weight is 293 g/mol. The third-order valence-corrected chi connectivity index (χ3v) is 3.25. The van der Waals surface area contributed by atoms with Crippen molar-refractivity contribution in [2.45, 2.75) is 51.5 Å². The molecule has 0 radical (unpaired) electrons. The maximum absolute atomic E-state index is 11.8. The molecule has 2 unspecified atom stereocenters. The fourth-order valence-corrected chi connectivity index (χ4v) is 2.29. The van der Waals surface area contributed by atoms with Crippen molar-refractivity contribution in [2.24, 2.45) is 11.7 Å². The van der Waals surface area contributed by atoms with Gasteiger partial charge in [-0.15, -0.1) is 12.4 Å². The van der Waals surface area contributed by atoms with Crippen molar-refractivity contribution in [1.29, 1.82) is 0 Å². The summed E-state index contributed by atoms with van der Waals surface area (Å²) < 4.78 is 4.81. The zero-order chi connectivity index (χ0) is 13.4. The van der Waals surface area contributed by atoms with Crippen LogP contribution in [0.15, 0.2) is 0 Å². The Morgan fingerprint density at radius 3 is 2.74 bits per heavy atom. The first-order valence-electron chi connectivity index (χ1n) is 6.82. The number of nitrogens with two attached hydrogens (primary N) is 1. The molecule has 2 atom stereocenters. The van der Waals surface area contributed by atoms with Crippen molar-refractivity contribution in [3.63, 3.8) is 0 Å². The molecule has 1 amide bonds. The molecule has 112 valence electrons. The van der Waals surface area contributed by atoms with E-state index in [4.69, 9.17) is 10.5 Å². The van der Waals surface area contributed by atoms with E-state index in [9.17, 15) is 9.59 Å². The number of nitrogens with one attached hydrogen (secondary N) is 1. The molecule has 1 fully saturated rings. The van der Waals surface area contributed by atoms with E-state index in [0.717, 1.165) is 25.7 Å². The van der Waals surface area contributed by atoms with Crippen LogP contribution in [0.2, 0.25) is 0 Å². The number of ether oxygens (including phenoxy) is 1. The van der Waals surface area contributed by atoms with Gasteiger partial charge in [0.25, 0.3) is 0 Å². The molecule has 1 rings (SSSR count). The van der Waals surface area contributed by atoms with E-state index in [1.54, 1.807) is 6.92 Å². The molecule has 0 bridgehead atoms. The van der Waals surface area contributed by atoms with E-state index < -0.39 is 0 Å². The van der Waals surface area contributed by atoms with Gasteiger partial charge in [-0.25, -0.2) is 0 Å². The van der Waals surface area contributed by atoms with Crippen molar-refractivity contribution >= 4 is 24.3 Å². The van der Waals surface area contributed by atoms with E-state index in [2.05, 4.69) is 5.32 Å². The Labute approximate surface area is 121 Å². The van der Waals surface area contributed by atoms with Crippen LogP contribution in [0.1, 0.15) is 45.4 Å². The Kier molecular flexibility index (Phi) is 9.61. The summed E-state index contributed by atoms with van der Waals surface area (Å²) in [7, 11) is 0. The molecule has 0 saturated heterocycles. The maximum atomic E-state index is 11.8. The van der Waals surface area contributed by atoms with Gasteiger partial charge >= 0.3 is 5.97 Å².